The van der Waals surface area contributed by atoms with Crippen molar-refractivity contribution in [1.82, 2.24) is 0 Å². The lowest BCUT2D eigenvalue weighted by atomic mass is 9.42. The number of carbonyl (C=O) groups excluding carboxylic acids is 3. The van der Waals surface area contributed by atoms with Crippen LogP contribution in [0.25, 0.3) is 6.08 Å². The van der Waals surface area contributed by atoms with Gasteiger partial charge in [0.25, 0.3) is 0 Å². The van der Waals surface area contributed by atoms with Gasteiger partial charge in [-0.05, 0) is 12.0 Å². The SMILES string of the molecule is CCCC(C=O)(C/C=C/c1ccccc1)[B-]12OC(=O)C[N+]1(C)CC(=O)O2. The number of benzene rings is 1. The summed E-state index contributed by atoms with van der Waals surface area (Å²) in [7, 11) is 1.77. The molecule has 0 radical (unpaired) electrons. The molecule has 1 unspecified atom stereocenters. The molecule has 1 aromatic carbocycles. The number of carbonyl (C=O) groups is 3. The normalized spacial score (nSPS) is 29.9. The maximum absolute atomic E-state index is 12.3. The second-order valence-electron chi connectivity index (χ2n) is 7.57. The highest BCUT2D eigenvalue weighted by Crippen LogP contribution is 2.54. The van der Waals surface area contributed by atoms with E-state index in [0.29, 0.717) is 19.3 Å². The van der Waals surface area contributed by atoms with Gasteiger partial charge in [0.05, 0.1) is 5.31 Å². The molecule has 138 valence electrons. The van der Waals surface area contributed by atoms with Crippen LogP contribution in [0, 0.1) is 0 Å². The van der Waals surface area contributed by atoms with Crippen molar-refractivity contribution >= 4 is 31.0 Å². The molecular weight excluding hydrogens is 333 g/mol. The lowest BCUT2D eigenvalue weighted by Gasteiger charge is -2.49. The third-order valence-electron chi connectivity index (χ3n) is 5.67. The number of quaternary nitrogens is 1. The maximum atomic E-state index is 12.3. The zero-order chi connectivity index (χ0) is 18.8. The Bertz CT molecular complexity index is 728. The van der Waals surface area contributed by atoms with Crippen LogP contribution < -0.4 is 0 Å². The third kappa shape index (κ3) is 2.76. The number of nitrogens with zero attached hydrogens (tertiary/aromatic N) is 1. The van der Waals surface area contributed by atoms with Crippen LogP contribution in [0.2, 0.25) is 5.31 Å². The van der Waals surface area contributed by atoms with Crippen LogP contribution >= 0.6 is 0 Å². The van der Waals surface area contributed by atoms with Gasteiger partial charge in [0.2, 0.25) is 0 Å². The summed E-state index contributed by atoms with van der Waals surface area (Å²) < 4.78 is 11.3. The largest absolute Gasteiger partial charge is 0.599 e. The summed E-state index contributed by atoms with van der Waals surface area (Å²) in [6.07, 6.45) is 6.19. The van der Waals surface area contributed by atoms with Crippen LogP contribution in [0.1, 0.15) is 31.7 Å². The summed E-state index contributed by atoms with van der Waals surface area (Å²) in [6, 6.07) is 9.74. The predicted molar refractivity (Wildman–Crippen MR) is 97.6 cm³/mol. The van der Waals surface area contributed by atoms with E-state index in [-0.39, 0.29) is 17.5 Å². The fourth-order valence-electron chi connectivity index (χ4n) is 4.52. The molecule has 2 heterocycles. The minimum Gasteiger partial charge on any atom is -0.599 e. The van der Waals surface area contributed by atoms with Crippen molar-refractivity contribution in [3.63, 3.8) is 0 Å². The van der Waals surface area contributed by atoms with Gasteiger partial charge in [-0.15, -0.1) is 0 Å². The molecule has 2 aliphatic rings. The van der Waals surface area contributed by atoms with Gasteiger partial charge in [0.1, 0.15) is 19.4 Å². The number of likely N-dealkylation sites (N-methyl/N-ethyl adjacent to an activating group) is 1. The number of hydrogen-bond donors (Lipinski definition) is 0. The molecule has 26 heavy (non-hydrogen) atoms. The zero-order valence-corrected chi connectivity index (χ0v) is 15.2. The topological polar surface area (TPSA) is 69.7 Å². The first-order valence-corrected chi connectivity index (χ1v) is 9.00. The van der Waals surface area contributed by atoms with E-state index < -0.39 is 23.9 Å². The van der Waals surface area contributed by atoms with Gasteiger partial charge >= 0.3 is 18.6 Å². The average molecular weight is 357 g/mol. The number of aldehydes is 1. The number of fused-ring (bicyclic) bond motifs is 1. The Kier molecular flexibility index (Phi) is 4.75. The lowest BCUT2D eigenvalue weighted by molar-refractivity contribution is -0.795. The van der Waals surface area contributed by atoms with Crippen LogP contribution in [0.3, 0.4) is 0 Å². The molecule has 3 rings (SSSR count). The van der Waals surface area contributed by atoms with Crippen LogP contribution in [0.15, 0.2) is 36.4 Å². The fraction of sp³-hybridized carbons (Fsp3) is 0.421. The fourth-order valence-corrected chi connectivity index (χ4v) is 4.52. The highest BCUT2D eigenvalue weighted by molar-refractivity contribution is 6.72. The highest BCUT2D eigenvalue weighted by atomic mass is 16.7. The van der Waals surface area contributed by atoms with Crippen LogP contribution in [0.5, 0.6) is 0 Å². The first-order chi connectivity index (χ1) is 12.4. The van der Waals surface area contributed by atoms with Crippen molar-refractivity contribution in [1.29, 1.82) is 0 Å². The maximum Gasteiger partial charge on any atom is 0.597 e. The molecule has 2 aliphatic heterocycles. The molecule has 1 atom stereocenters. The number of allylic oxidation sites excluding steroid dienone is 1. The van der Waals surface area contributed by atoms with Crippen molar-refractivity contribution in [3.8, 4) is 0 Å². The minimum absolute atomic E-state index is 0.0234. The van der Waals surface area contributed by atoms with E-state index in [0.717, 1.165) is 11.8 Å². The van der Waals surface area contributed by atoms with Crippen molar-refractivity contribution in [2.75, 3.05) is 20.1 Å². The molecule has 2 saturated heterocycles. The Balaban J connectivity index is 1.99. The van der Waals surface area contributed by atoms with E-state index in [2.05, 4.69) is 0 Å². The molecule has 6 nitrogen and oxygen atoms in total. The molecule has 7 heteroatoms. The second-order valence-corrected chi connectivity index (χ2v) is 7.57. The average Bonchev–Trinajstić information content (AvgIpc) is 2.99. The van der Waals surface area contributed by atoms with Crippen molar-refractivity contribution in [3.05, 3.63) is 42.0 Å². The monoisotopic (exact) mass is 357 g/mol. The molecule has 0 bridgehead atoms. The second kappa shape index (κ2) is 6.72. The Morgan fingerprint density at radius 2 is 1.77 bits per heavy atom. The predicted octanol–water partition coefficient (Wildman–Crippen LogP) is 2.33. The molecule has 0 N–H and O–H groups in total. The third-order valence-corrected chi connectivity index (χ3v) is 5.67. The first-order valence-electron chi connectivity index (χ1n) is 9.00. The van der Waals surface area contributed by atoms with E-state index in [1.54, 1.807) is 7.05 Å². The Morgan fingerprint density at radius 3 is 2.31 bits per heavy atom. The Labute approximate surface area is 153 Å². The molecule has 0 aromatic heterocycles. The van der Waals surface area contributed by atoms with Gasteiger partial charge in [-0.2, -0.15) is 0 Å². The van der Waals surface area contributed by atoms with E-state index in [1.807, 2.05) is 49.4 Å². The van der Waals surface area contributed by atoms with Gasteiger partial charge in [-0.1, -0.05) is 62.2 Å². The highest BCUT2D eigenvalue weighted by Gasteiger charge is 2.74. The van der Waals surface area contributed by atoms with E-state index in [9.17, 15) is 14.4 Å². The van der Waals surface area contributed by atoms with E-state index in [1.165, 1.54) is 0 Å². The summed E-state index contributed by atoms with van der Waals surface area (Å²) in [5, 5.41) is -1.06. The molecule has 1 aromatic rings. The van der Waals surface area contributed by atoms with E-state index >= 15 is 0 Å². The summed E-state index contributed by atoms with van der Waals surface area (Å²) in [4.78, 5) is 36.5. The van der Waals surface area contributed by atoms with Gasteiger partial charge in [-0.25, -0.2) is 0 Å². The molecule has 0 amide bonds. The Hall–Kier alpha value is -2.41. The van der Waals surface area contributed by atoms with E-state index in [4.69, 9.17) is 9.31 Å². The number of rotatable bonds is 7. The van der Waals surface area contributed by atoms with Crippen LogP contribution in [-0.4, -0.2) is 49.4 Å². The van der Waals surface area contributed by atoms with Gasteiger partial charge in [-0.3, -0.25) is 9.59 Å². The van der Waals surface area contributed by atoms with Crippen molar-refractivity contribution in [2.45, 2.75) is 31.5 Å². The molecule has 0 saturated carbocycles. The lowest BCUT2D eigenvalue weighted by Crippen LogP contribution is -2.67. The zero-order valence-electron chi connectivity index (χ0n) is 15.2. The standard InChI is InChI=1S/C19H24BNO5/c1-3-11-19(15-22,12-7-10-16-8-5-4-6-9-16)20-21(2,13-17(23)25-20)14-18(24)26-20/h4-10,15H,3,11-14H2,1-2H3/b10-7+. The summed E-state index contributed by atoms with van der Waals surface area (Å²) >= 11 is 0. The minimum atomic E-state index is -2.43. The van der Waals surface area contributed by atoms with Gasteiger partial charge in [0, 0.05) is 7.05 Å². The van der Waals surface area contributed by atoms with Gasteiger partial charge in [0.15, 0.2) is 0 Å². The smallest absolute Gasteiger partial charge is 0.597 e. The molecule has 2 fully saturated rings. The molecule has 0 spiro atoms. The summed E-state index contributed by atoms with van der Waals surface area (Å²) in [6.45, 7) is -0.372. The van der Waals surface area contributed by atoms with Gasteiger partial charge < -0.3 is 18.5 Å². The summed E-state index contributed by atoms with van der Waals surface area (Å²) in [5.74, 6) is -0.844. The number of hydrogen-bond acceptors (Lipinski definition) is 5. The van der Waals surface area contributed by atoms with Crippen molar-refractivity contribution < 1.29 is 28.1 Å². The van der Waals surface area contributed by atoms with Crippen LogP contribution in [0.4, 0.5) is 0 Å². The summed E-state index contributed by atoms with van der Waals surface area (Å²) in [5.41, 5.74) is 1.01. The molecule has 0 aliphatic carbocycles. The Morgan fingerprint density at radius 1 is 1.15 bits per heavy atom. The van der Waals surface area contributed by atoms with Crippen molar-refractivity contribution in [2.24, 2.45) is 0 Å². The quantitative estimate of drug-likeness (QED) is 0.553. The van der Waals surface area contributed by atoms with Crippen LogP contribution in [-0.2, 0) is 23.7 Å². The molecular formula is C19H24BNO5. The first kappa shape index (κ1) is 18.4.